The molecule has 6 nitrogen and oxygen atoms in total. The Hall–Kier alpha value is -2.29. The maximum atomic E-state index is 13.3. The van der Waals surface area contributed by atoms with Crippen LogP contribution in [0.4, 0.5) is 4.39 Å². The number of nitrogens with one attached hydrogen (secondary N) is 2. The van der Waals surface area contributed by atoms with Crippen molar-refractivity contribution in [3.8, 4) is 0 Å². The fourth-order valence-electron chi connectivity index (χ4n) is 3.30. The van der Waals surface area contributed by atoms with Gasteiger partial charge < -0.3 is 0 Å². The first-order valence-corrected chi connectivity index (χ1v) is 9.63. The molecule has 1 fully saturated rings. The predicted octanol–water partition coefficient (Wildman–Crippen LogP) is 2.98. The van der Waals surface area contributed by atoms with Crippen molar-refractivity contribution < 1.29 is 18.0 Å². The van der Waals surface area contributed by atoms with Gasteiger partial charge in [0.2, 0.25) is 10.0 Å². The number of hydrogen-bond acceptors (Lipinski definition) is 4. The van der Waals surface area contributed by atoms with Crippen LogP contribution in [-0.4, -0.2) is 29.8 Å². The topological polar surface area (TPSA) is 93.5 Å². The molecule has 1 aliphatic heterocycles. The van der Waals surface area contributed by atoms with Crippen LogP contribution in [-0.2, 0) is 10.0 Å². The summed E-state index contributed by atoms with van der Waals surface area (Å²) in [5.74, 6) is -0.689. The maximum Gasteiger partial charge on any atom is 0.244 e. The Morgan fingerprint density at radius 2 is 1.77 bits per heavy atom. The molecule has 1 saturated heterocycles. The van der Waals surface area contributed by atoms with E-state index in [2.05, 4.69) is 0 Å². The summed E-state index contributed by atoms with van der Waals surface area (Å²) >= 11 is 0. The lowest BCUT2D eigenvalue weighted by atomic mass is 10.1. The van der Waals surface area contributed by atoms with Crippen molar-refractivity contribution in [3.05, 3.63) is 65.5 Å². The molecular weight excluding hydrogens is 357 g/mol. The Morgan fingerprint density at radius 1 is 1.15 bits per heavy atom. The second-order valence-corrected chi connectivity index (χ2v) is 8.18. The first kappa shape index (κ1) is 18.5. The van der Waals surface area contributed by atoms with E-state index >= 15 is 0 Å². The van der Waals surface area contributed by atoms with Crippen LogP contribution in [0.15, 0.2) is 53.4 Å². The van der Waals surface area contributed by atoms with E-state index < -0.39 is 27.9 Å². The van der Waals surface area contributed by atoms with E-state index in [9.17, 15) is 12.8 Å². The lowest BCUT2D eigenvalue weighted by Crippen LogP contribution is -2.45. The van der Waals surface area contributed by atoms with Crippen LogP contribution in [0.3, 0.4) is 0 Å². The number of sulfonamides is 1. The molecule has 0 amide bonds. The van der Waals surface area contributed by atoms with Crippen LogP contribution >= 0.6 is 0 Å². The SMILES string of the molecule is Cc1ccc(S(=O)(=O)N2C(C(=N)NO)CCC2c2ccc(F)cc2)cc1. The average molecular weight is 377 g/mol. The van der Waals surface area contributed by atoms with Crippen molar-refractivity contribution in [2.75, 3.05) is 0 Å². The zero-order chi connectivity index (χ0) is 18.9. The molecule has 26 heavy (non-hydrogen) atoms. The summed E-state index contributed by atoms with van der Waals surface area (Å²) in [5, 5.41) is 17.0. The summed E-state index contributed by atoms with van der Waals surface area (Å²) in [7, 11) is -3.92. The van der Waals surface area contributed by atoms with Gasteiger partial charge in [0.1, 0.15) is 11.7 Å². The predicted molar refractivity (Wildman–Crippen MR) is 95.0 cm³/mol. The van der Waals surface area contributed by atoms with Crippen LogP contribution in [0.25, 0.3) is 0 Å². The van der Waals surface area contributed by atoms with Crippen LogP contribution in [0, 0.1) is 18.2 Å². The van der Waals surface area contributed by atoms with Crippen molar-refractivity contribution in [1.82, 2.24) is 9.79 Å². The Balaban J connectivity index is 2.07. The highest BCUT2D eigenvalue weighted by atomic mass is 32.2. The van der Waals surface area contributed by atoms with Crippen LogP contribution in [0.5, 0.6) is 0 Å². The quantitative estimate of drug-likeness (QED) is 0.434. The van der Waals surface area contributed by atoms with Gasteiger partial charge in [-0.05, 0) is 49.6 Å². The molecule has 138 valence electrons. The zero-order valence-electron chi connectivity index (χ0n) is 14.2. The van der Waals surface area contributed by atoms with Gasteiger partial charge in [-0.2, -0.15) is 4.31 Å². The van der Waals surface area contributed by atoms with Crippen LogP contribution in [0.1, 0.15) is 30.0 Å². The number of aryl methyl sites for hydroxylation is 1. The van der Waals surface area contributed by atoms with Gasteiger partial charge in [-0.25, -0.2) is 12.8 Å². The van der Waals surface area contributed by atoms with E-state index in [4.69, 9.17) is 10.6 Å². The number of benzene rings is 2. The van der Waals surface area contributed by atoms with Gasteiger partial charge in [0.25, 0.3) is 0 Å². The Morgan fingerprint density at radius 3 is 2.35 bits per heavy atom. The van der Waals surface area contributed by atoms with E-state index in [0.29, 0.717) is 18.4 Å². The molecule has 2 aromatic carbocycles. The van der Waals surface area contributed by atoms with Crippen LogP contribution < -0.4 is 5.48 Å². The number of halogens is 1. The molecule has 1 heterocycles. The van der Waals surface area contributed by atoms with Crippen molar-refractivity contribution >= 4 is 15.9 Å². The first-order chi connectivity index (χ1) is 12.3. The molecule has 0 spiro atoms. The summed E-state index contributed by atoms with van der Waals surface area (Å²) in [5.41, 5.74) is 3.35. The van der Waals surface area contributed by atoms with Gasteiger partial charge in [0.15, 0.2) is 0 Å². The molecule has 1 aliphatic rings. The number of hydroxylamine groups is 1. The Kier molecular flexibility index (Phi) is 5.08. The van der Waals surface area contributed by atoms with Gasteiger partial charge >= 0.3 is 0 Å². The third kappa shape index (κ3) is 3.35. The fraction of sp³-hybridized carbons (Fsp3) is 0.278. The third-order valence-electron chi connectivity index (χ3n) is 4.63. The summed E-state index contributed by atoms with van der Waals surface area (Å²) < 4.78 is 41.0. The minimum Gasteiger partial charge on any atom is -0.290 e. The largest absolute Gasteiger partial charge is 0.290 e. The molecule has 0 bridgehead atoms. The molecule has 2 atom stereocenters. The summed E-state index contributed by atoms with van der Waals surface area (Å²) in [6, 6.07) is 10.8. The lowest BCUT2D eigenvalue weighted by Gasteiger charge is -2.29. The van der Waals surface area contributed by atoms with E-state index in [1.54, 1.807) is 29.7 Å². The summed E-state index contributed by atoms with van der Waals surface area (Å²) in [4.78, 5) is 0.118. The van der Waals surface area contributed by atoms with Crippen molar-refractivity contribution in [1.29, 1.82) is 5.41 Å². The lowest BCUT2D eigenvalue weighted by molar-refractivity contribution is 0.222. The molecule has 0 aliphatic carbocycles. The molecule has 0 aromatic heterocycles. The minimum absolute atomic E-state index is 0.118. The molecule has 2 aromatic rings. The van der Waals surface area contributed by atoms with E-state index in [1.807, 2.05) is 6.92 Å². The highest BCUT2D eigenvalue weighted by Gasteiger charge is 2.44. The standard InChI is InChI=1S/C18H20FN3O3S/c1-12-2-8-15(9-3-12)26(24,25)22-16(10-11-17(22)18(20)21-23)13-4-6-14(19)7-5-13/h2-9,16-17,23H,10-11H2,1H3,(H2,20,21). The van der Waals surface area contributed by atoms with Gasteiger partial charge in [-0.15, -0.1) is 0 Å². The van der Waals surface area contributed by atoms with Gasteiger partial charge in [0, 0.05) is 0 Å². The van der Waals surface area contributed by atoms with E-state index in [-0.39, 0.29) is 10.7 Å². The maximum absolute atomic E-state index is 13.3. The second kappa shape index (κ2) is 7.14. The third-order valence-corrected chi connectivity index (χ3v) is 6.56. The highest BCUT2D eigenvalue weighted by Crippen LogP contribution is 2.40. The molecule has 0 saturated carbocycles. The van der Waals surface area contributed by atoms with E-state index in [0.717, 1.165) is 5.56 Å². The van der Waals surface area contributed by atoms with Crippen LogP contribution in [0.2, 0.25) is 0 Å². The Bertz CT molecular complexity index is 898. The van der Waals surface area contributed by atoms with Crippen molar-refractivity contribution in [2.24, 2.45) is 0 Å². The molecule has 3 rings (SSSR count). The van der Waals surface area contributed by atoms with E-state index in [1.165, 1.54) is 28.6 Å². The zero-order valence-corrected chi connectivity index (χ0v) is 15.0. The number of rotatable bonds is 4. The number of amidine groups is 1. The van der Waals surface area contributed by atoms with Gasteiger partial charge in [0.05, 0.1) is 17.0 Å². The second-order valence-electron chi connectivity index (χ2n) is 6.33. The number of hydrogen-bond donors (Lipinski definition) is 3. The van der Waals surface area contributed by atoms with Gasteiger partial charge in [-0.3, -0.25) is 16.1 Å². The fourth-order valence-corrected chi connectivity index (χ4v) is 5.13. The van der Waals surface area contributed by atoms with Gasteiger partial charge in [-0.1, -0.05) is 29.8 Å². The Labute approximate surface area is 151 Å². The minimum atomic E-state index is -3.92. The molecule has 8 heteroatoms. The molecule has 3 N–H and O–H groups in total. The smallest absolute Gasteiger partial charge is 0.244 e. The highest BCUT2D eigenvalue weighted by molar-refractivity contribution is 7.89. The molecular formula is C18H20FN3O3S. The summed E-state index contributed by atoms with van der Waals surface area (Å²) in [6.07, 6.45) is 0.838. The molecule has 2 unspecified atom stereocenters. The monoisotopic (exact) mass is 377 g/mol. The first-order valence-electron chi connectivity index (χ1n) is 8.19. The average Bonchev–Trinajstić information content (AvgIpc) is 3.08. The molecule has 0 radical (unpaired) electrons. The van der Waals surface area contributed by atoms with Crippen molar-refractivity contribution in [3.63, 3.8) is 0 Å². The number of nitrogens with zero attached hydrogens (tertiary/aromatic N) is 1. The summed E-state index contributed by atoms with van der Waals surface area (Å²) in [6.45, 7) is 1.86. The normalized spacial score (nSPS) is 20.9. The van der Waals surface area contributed by atoms with Crippen molar-refractivity contribution in [2.45, 2.75) is 36.7 Å².